The average molecular weight is 274 g/mol. The molecule has 5 nitrogen and oxygen atoms in total. The highest BCUT2D eigenvalue weighted by molar-refractivity contribution is 7.91. The van der Waals surface area contributed by atoms with Crippen LogP contribution in [0.4, 0.5) is 0 Å². The van der Waals surface area contributed by atoms with E-state index in [2.05, 4.69) is 17.2 Å². The van der Waals surface area contributed by atoms with Gasteiger partial charge in [0.15, 0.2) is 15.7 Å². The molecule has 1 aromatic heterocycles. The van der Waals surface area contributed by atoms with E-state index in [1.807, 2.05) is 0 Å². The van der Waals surface area contributed by atoms with Gasteiger partial charge in [-0.15, -0.1) is 0 Å². The Kier molecular flexibility index (Phi) is 4.92. The summed E-state index contributed by atoms with van der Waals surface area (Å²) in [5.74, 6) is 0.973. The molecule has 0 aliphatic carbocycles. The molecule has 0 saturated heterocycles. The zero-order valence-electron chi connectivity index (χ0n) is 11.5. The van der Waals surface area contributed by atoms with Gasteiger partial charge in [0.2, 0.25) is 0 Å². The highest BCUT2D eigenvalue weighted by atomic mass is 32.2. The van der Waals surface area contributed by atoms with Crippen LogP contribution in [0.15, 0.2) is 10.6 Å². The first-order chi connectivity index (χ1) is 8.29. The predicted molar refractivity (Wildman–Crippen MR) is 71.2 cm³/mol. The van der Waals surface area contributed by atoms with Crippen molar-refractivity contribution in [3.63, 3.8) is 0 Å². The van der Waals surface area contributed by atoms with Gasteiger partial charge in [0.25, 0.3) is 0 Å². The van der Waals surface area contributed by atoms with Gasteiger partial charge in [0.05, 0.1) is 6.20 Å². The second-order valence-corrected chi connectivity index (χ2v) is 7.47. The molecule has 1 N–H and O–H groups in total. The van der Waals surface area contributed by atoms with Crippen LogP contribution in [0.5, 0.6) is 0 Å². The molecule has 0 amide bonds. The smallest absolute Gasteiger partial charge is 0.195 e. The molecule has 0 aromatic carbocycles. The highest BCUT2D eigenvalue weighted by Crippen LogP contribution is 2.29. The molecule has 0 atom stereocenters. The Morgan fingerprint density at radius 1 is 1.39 bits per heavy atom. The van der Waals surface area contributed by atoms with Gasteiger partial charge < -0.3 is 9.73 Å². The molecule has 1 aromatic rings. The average Bonchev–Trinajstić information content (AvgIpc) is 2.72. The topological polar surface area (TPSA) is 72.2 Å². The van der Waals surface area contributed by atoms with Crippen LogP contribution in [0.25, 0.3) is 0 Å². The van der Waals surface area contributed by atoms with Crippen LogP contribution in [0.3, 0.4) is 0 Å². The largest absolute Gasteiger partial charge is 0.444 e. The number of hydrogen-bond acceptors (Lipinski definition) is 5. The Morgan fingerprint density at radius 3 is 2.61 bits per heavy atom. The van der Waals surface area contributed by atoms with Crippen molar-refractivity contribution in [2.75, 3.05) is 19.3 Å². The molecule has 0 aliphatic rings. The molecule has 0 saturated carbocycles. The lowest BCUT2D eigenvalue weighted by Crippen LogP contribution is -2.27. The Bertz CT molecular complexity index is 477. The molecule has 0 spiro atoms. The maximum absolute atomic E-state index is 11.7. The summed E-state index contributed by atoms with van der Waals surface area (Å²) in [4.78, 5) is 4.12. The van der Waals surface area contributed by atoms with Gasteiger partial charge in [-0.1, -0.05) is 6.92 Å². The summed E-state index contributed by atoms with van der Waals surface area (Å²) in [6.07, 6.45) is 4.46. The van der Waals surface area contributed by atoms with Gasteiger partial charge in [0, 0.05) is 19.2 Å². The van der Waals surface area contributed by atoms with Crippen LogP contribution in [-0.2, 0) is 21.0 Å². The molecule has 1 heterocycles. The molecule has 104 valence electrons. The highest BCUT2D eigenvalue weighted by Gasteiger charge is 2.36. The summed E-state index contributed by atoms with van der Waals surface area (Å²) in [5, 5.41) is 3.24. The summed E-state index contributed by atoms with van der Waals surface area (Å²) in [5.41, 5.74) is 0. The van der Waals surface area contributed by atoms with E-state index in [1.54, 1.807) is 13.8 Å². The number of hydrogen-bond donors (Lipinski definition) is 1. The number of rotatable bonds is 7. The van der Waals surface area contributed by atoms with Crippen molar-refractivity contribution in [2.45, 2.75) is 38.4 Å². The fourth-order valence-electron chi connectivity index (χ4n) is 1.38. The number of nitrogens with one attached hydrogen (secondary N) is 1. The molecular weight excluding hydrogens is 252 g/mol. The normalized spacial score (nSPS) is 12.9. The predicted octanol–water partition coefficient (Wildman–Crippen LogP) is 1.50. The van der Waals surface area contributed by atoms with Gasteiger partial charge in [0.1, 0.15) is 10.5 Å². The number of nitrogens with zero attached hydrogens (tertiary/aromatic N) is 1. The minimum Gasteiger partial charge on any atom is -0.444 e. The minimum absolute atomic E-state index is 0.399. The lowest BCUT2D eigenvalue weighted by molar-refractivity contribution is 0.411. The molecule has 0 bridgehead atoms. The van der Waals surface area contributed by atoms with Gasteiger partial charge in [-0.2, -0.15) is 0 Å². The summed E-state index contributed by atoms with van der Waals surface area (Å²) in [6, 6.07) is 0. The van der Waals surface area contributed by atoms with Gasteiger partial charge in [-0.05, 0) is 26.8 Å². The van der Waals surface area contributed by atoms with Gasteiger partial charge in [-0.25, -0.2) is 13.4 Å². The number of sulfone groups is 1. The van der Waals surface area contributed by atoms with Gasteiger partial charge in [-0.3, -0.25) is 0 Å². The van der Waals surface area contributed by atoms with E-state index >= 15 is 0 Å². The van der Waals surface area contributed by atoms with Crippen LogP contribution in [0.1, 0.15) is 38.8 Å². The van der Waals surface area contributed by atoms with E-state index < -0.39 is 14.6 Å². The van der Waals surface area contributed by atoms with E-state index in [9.17, 15) is 8.42 Å². The first kappa shape index (κ1) is 15.2. The van der Waals surface area contributed by atoms with E-state index in [4.69, 9.17) is 4.42 Å². The minimum atomic E-state index is -3.22. The van der Waals surface area contributed by atoms with E-state index in [1.165, 1.54) is 12.5 Å². The van der Waals surface area contributed by atoms with Crippen molar-refractivity contribution in [1.29, 1.82) is 0 Å². The summed E-state index contributed by atoms with van der Waals surface area (Å²) >= 11 is 0. The summed E-state index contributed by atoms with van der Waals surface area (Å²) in [7, 11) is -3.22. The van der Waals surface area contributed by atoms with Crippen molar-refractivity contribution in [3.05, 3.63) is 17.8 Å². The Balaban J connectivity index is 2.69. The molecular formula is C12H22N2O3S. The Labute approximate surface area is 109 Å². The van der Waals surface area contributed by atoms with Crippen LogP contribution in [-0.4, -0.2) is 32.7 Å². The third kappa shape index (κ3) is 3.55. The van der Waals surface area contributed by atoms with Crippen LogP contribution in [0.2, 0.25) is 0 Å². The Hall–Kier alpha value is -0.880. The lowest BCUT2D eigenvalue weighted by atomic mass is 10.2. The van der Waals surface area contributed by atoms with E-state index in [0.29, 0.717) is 18.1 Å². The summed E-state index contributed by atoms with van der Waals surface area (Å²) in [6.45, 7) is 7.10. The quantitative estimate of drug-likeness (QED) is 0.763. The maximum atomic E-state index is 11.7. The van der Waals surface area contributed by atoms with Gasteiger partial charge >= 0.3 is 0 Å². The van der Waals surface area contributed by atoms with E-state index in [0.717, 1.165) is 19.5 Å². The number of oxazole rings is 1. The molecule has 1 rings (SSSR count). The van der Waals surface area contributed by atoms with Crippen molar-refractivity contribution in [3.8, 4) is 0 Å². The molecule has 0 aliphatic heterocycles. The zero-order valence-corrected chi connectivity index (χ0v) is 12.3. The Morgan fingerprint density at radius 2 is 2.06 bits per heavy atom. The molecule has 18 heavy (non-hydrogen) atoms. The molecule has 6 heteroatoms. The maximum Gasteiger partial charge on any atom is 0.195 e. The van der Waals surface area contributed by atoms with Crippen LogP contribution in [0, 0.1) is 0 Å². The fraction of sp³-hybridized carbons (Fsp3) is 0.750. The van der Waals surface area contributed by atoms with Crippen molar-refractivity contribution >= 4 is 9.84 Å². The van der Waals surface area contributed by atoms with E-state index in [-0.39, 0.29) is 0 Å². The first-order valence-electron chi connectivity index (χ1n) is 6.14. The zero-order chi connectivity index (χ0) is 13.8. The molecule has 0 radical (unpaired) electrons. The third-order valence-corrected chi connectivity index (χ3v) is 5.07. The molecule has 0 unspecified atom stereocenters. The number of aromatic nitrogens is 1. The lowest BCUT2D eigenvalue weighted by Gasteiger charge is -2.18. The first-order valence-corrected chi connectivity index (χ1v) is 8.03. The second kappa shape index (κ2) is 5.84. The summed E-state index contributed by atoms with van der Waals surface area (Å²) < 4.78 is 27.8. The van der Waals surface area contributed by atoms with Crippen LogP contribution >= 0.6 is 0 Å². The van der Waals surface area contributed by atoms with Crippen molar-refractivity contribution in [2.24, 2.45) is 0 Å². The standard InChI is InChI=1S/C12H22N2O3S/c1-5-7-13-8-6-11-14-9-10(17-11)12(2,3)18(4,15)16/h9,13H,5-8H2,1-4H3. The monoisotopic (exact) mass is 274 g/mol. The van der Waals surface area contributed by atoms with Crippen molar-refractivity contribution in [1.82, 2.24) is 10.3 Å². The van der Waals surface area contributed by atoms with Crippen LogP contribution < -0.4 is 5.32 Å². The fourth-order valence-corrected chi connectivity index (χ4v) is 1.84. The molecule has 0 fully saturated rings. The second-order valence-electron chi connectivity index (χ2n) is 4.90. The third-order valence-electron chi connectivity index (χ3n) is 3.02. The van der Waals surface area contributed by atoms with Crippen molar-refractivity contribution < 1.29 is 12.8 Å². The SMILES string of the molecule is CCCNCCc1ncc(C(C)(C)S(C)(=O)=O)o1.